The lowest BCUT2D eigenvalue weighted by Crippen LogP contribution is -2.86. The van der Waals surface area contributed by atoms with Crippen LogP contribution in [0.2, 0.25) is 51.9 Å². The van der Waals surface area contributed by atoms with Gasteiger partial charge < -0.3 is 55.1 Å². The van der Waals surface area contributed by atoms with Crippen LogP contribution in [0.1, 0.15) is 6.42 Å². The van der Waals surface area contributed by atoms with Crippen LogP contribution < -0.4 is 5.73 Å². The smallest absolute Gasteiger partial charge is 0.374 e. The first-order valence-corrected chi connectivity index (χ1v) is 27.7. The fourth-order valence-electron chi connectivity index (χ4n) is 4.85. The van der Waals surface area contributed by atoms with Gasteiger partial charge in [-0.25, -0.2) is 0 Å². The van der Waals surface area contributed by atoms with E-state index in [-0.39, 0.29) is 0 Å². The molecule has 0 aromatic carbocycles. The maximum Gasteiger partial charge on any atom is 0.478 e. The van der Waals surface area contributed by atoms with Gasteiger partial charge in [-0.05, 0) is 13.0 Å². The van der Waals surface area contributed by atoms with E-state index in [1.165, 1.54) is 0 Å². The average molecular weight is 580 g/mol. The molecule has 0 aromatic rings. The molecule has 178 valence electrons. The van der Waals surface area contributed by atoms with E-state index in [1.807, 2.05) is 0 Å². The molecule has 6 fully saturated rings. The third-order valence-electron chi connectivity index (χ3n) is 5.05. The van der Waals surface area contributed by atoms with E-state index in [1.54, 1.807) is 45.8 Å². The summed E-state index contributed by atoms with van der Waals surface area (Å²) in [5.74, 6) is 0. The topological polar surface area (TPSA) is 137 Å². The summed E-state index contributed by atoms with van der Waals surface area (Å²) < 4.78 is 78.3. The quantitative estimate of drug-likeness (QED) is 0.466. The Labute approximate surface area is 190 Å². The molecule has 6 aliphatic heterocycles. The zero-order chi connectivity index (χ0) is 22.6. The molecule has 6 aliphatic rings. The molecular weight excluding hydrogens is 551 g/mol. The van der Waals surface area contributed by atoms with Gasteiger partial charge in [-0.15, -0.1) is 0 Å². The summed E-state index contributed by atoms with van der Waals surface area (Å²) in [6.07, 6.45) is 0.595. The minimum absolute atomic E-state index is 0.410. The zero-order valence-corrected chi connectivity index (χ0v) is 26.6. The average Bonchev–Trinajstić information content (AvgIpc) is 2.42. The first kappa shape index (κ1) is 23.9. The summed E-state index contributed by atoms with van der Waals surface area (Å²) in [7, 11) is -27.8. The molecule has 0 unspecified atom stereocenters. The Morgan fingerprint density at radius 1 is 0.419 bits per heavy atom. The van der Waals surface area contributed by atoms with Crippen LogP contribution in [0.3, 0.4) is 0 Å². The van der Waals surface area contributed by atoms with Crippen LogP contribution in [0, 0.1) is 0 Å². The predicted octanol–water partition coefficient (Wildman–Crippen LogP) is 0.522. The van der Waals surface area contributed by atoms with Crippen LogP contribution in [-0.2, 0) is 49.4 Å². The van der Waals surface area contributed by atoms with E-state index in [4.69, 9.17) is 55.1 Å². The number of hydrogen-bond donors (Lipinski definition) is 1. The fraction of sp³-hybridized carbons (Fsp3) is 1.00. The fourth-order valence-corrected chi connectivity index (χ4v) is 50.7. The minimum atomic E-state index is -3.54. The molecule has 6 rings (SSSR count). The molecule has 8 bridgehead atoms. The van der Waals surface area contributed by atoms with Gasteiger partial charge in [-0.3, -0.25) is 0 Å². The van der Waals surface area contributed by atoms with E-state index in [0.717, 1.165) is 0 Å². The van der Waals surface area contributed by atoms with Crippen molar-refractivity contribution in [2.75, 3.05) is 6.54 Å². The van der Waals surface area contributed by atoms with Crippen LogP contribution in [0.4, 0.5) is 0 Å². The largest absolute Gasteiger partial charge is 0.478 e. The molecule has 0 spiro atoms. The van der Waals surface area contributed by atoms with Crippen LogP contribution in [0.15, 0.2) is 0 Å². The van der Waals surface area contributed by atoms with E-state index < -0.39 is 70.4 Å². The molecule has 6 saturated heterocycles. The minimum Gasteiger partial charge on any atom is -0.374 e. The van der Waals surface area contributed by atoms with Crippen molar-refractivity contribution in [2.24, 2.45) is 5.73 Å². The highest BCUT2D eigenvalue weighted by atomic mass is 28.6. The van der Waals surface area contributed by atoms with Gasteiger partial charge in [-0.2, -0.15) is 0 Å². The van der Waals surface area contributed by atoms with Crippen molar-refractivity contribution in [3.8, 4) is 0 Å². The molecular formula is C10H29NO12Si8. The Hall–Kier alpha value is 1.22. The number of rotatable bonds is 3. The van der Waals surface area contributed by atoms with Gasteiger partial charge in [0.05, 0.1) is 0 Å². The predicted molar refractivity (Wildman–Crippen MR) is 119 cm³/mol. The maximum absolute atomic E-state index is 6.64. The van der Waals surface area contributed by atoms with Gasteiger partial charge in [0, 0.05) is 51.9 Å². The lowest BCUT2D eigenvalue weighted by Gasteiger charge is -2.60. The molecule has 2 N–H and O–H groups in total. The van der Waals surface area contributed by atoms with E-state index in [9.17, 15) is 0 Å². The Balaban J connectivity index is 1.75. The van der Waals surface area contributed by atoms with Gasteiger partial charge in [0.25, 0.3) is 0 Å². The van der Waals surface area contributed by atoms with Gasteiger partial charge in [0.15, 0.2) is 0 Å². The third-order valence-corrected chi connectivity index (χ3v) is 40.9. The monoisotopic (exact) mass is 579 g/mol. The molecule has 31 heavy (non-hydrogen) atoms. The molecule has 0 aliphatic carbocycles. The first-order valence-electron chi connectivity index (χ1n) is 10.2. The van der Waals surface area contributed by atoms with Crippen LogP contribution in [0.25, 0.3) is 0 Å². The Morgan fingerprint density at radius 2 is 0.645 bits per heavy atom. The second-order valence-electron chi connectivity index (χ2n) is 8.84. The summed E-state index contributed by atoms with van der Waals surface area (Å²) in [5, 5.41) is 0. The lowest BCUT2D eigenvalue weighted by molar-refractivity contribution is -0.0192. The third kappa shape index (κ3) is 4.36. The van der Waals surface area contributed by atoms with Gasteiger partial charge >= 0.3 is 70.4 Å². The van der Waals surface area contributed by atoms with Gasteiger partial charge in [0.2, 0.25) is 0 Å². The van der Waals surface area contributed by atoms with E-state index >= 15 is 0 Å². The van der Waals surface area contributed by atoms with Crippen molar-refractivity contribution in [1.82, 2.24) is 0 Å². The van der Waals surface area contributed by atoms with Crippen LogP contribution in [-0.4, -0.2) is 77.0 Å². The van der Waals surface area contributed by atoms with Crippen molar-refractivity contribution >= 4 is 70.4 Å². The normalized spacial score (nSPS) is 60.8. The molecule has 13 nitrogen and oxygen atoms in total. The zero-order valence-electron chi connectivity index (χ0n) is 18.6. The van der Waals surface area contributed by atoms with Crippen molar-refractivity contribution in [3.05, 3.63) is 0 Å². The van der Waals surface area contributed by atoms with Gasteiger partial charge in [-0.1, -0.05) is 0 Å². The SMILES string of the molecule is C[Si]12O[Si]3(C)O[Si]4(C)O[Si](C)(O1)O[Si]1(C)O[Si](C)(O2)O[Si](C)(O3)O[Si](CCCN)(O4)O1. The van der Waals surface area contributed by atoms with Crippen molar-refractivity contribution in [1.29, 1.82) is 0 Å². The Morgan fingerprint density at radius 3 is 0.871 bits per heavy atom. The Bertz CT molecular complexity index is 681. The molecule has 0 radical (unpaired) electrons. The summed E-state index contributed by atoms with van der Waals surface area (Å²) in [5.41, 5.74) is 5.81. The standard InChI is InChI=1S/C10H29NO12Si8/c1-24-12-25(2)15-28(5)17-26(3,13-24)19-30(7)20-27(4,14-24)18-29(6,16-25)22-31(21-28,23-30)10-8-9-11/h8-11H2,1-7H3. The molecule has 21 heteroatoms. The number of nitrogens with two attached hydrogens (primary N) is 1. The molecule has 0 saturated carbocycles. The Kier molecular flexibility index (Phi) is 5.34. The van der Waals surface area contributed by atoms with Crippen molar-refractivity contribution in [3.63, 3.8) is 0 Å². The second-order valence-corrected chi connectivity index (χ2v) is 32.6. The molecule has 0 atom stereocenters. The summed E-state index contributed by atoms with van der Waals surface area (Å²) in [4.78, 5) is 0. The van der Waals surface area contributed by atoms with E-state index in [2.05, 4.69) is 0 Å². The van der Waals surface area contributed by atoms with Gasteiger partial charge in [0.1, 0.15) is 0 Å². The highest BCUT2D eigenvalue weighted by molar-refractivity contribution is 7.02. The molecule has 0 amide bonds. The highest BCUT2D eigenvalue weighted by Crippen LogP contribution is 2.48. The first-order chi connectivity index (χ1) is 14.0. The summed E-state index contributed by atoms with van der Waals surface area (Å²) in [6.45, 7) is 12.7. The van der Waals surface area contributed by atoms with E-state index in [0.29, 0.717) is 19.0 Å². The van der Waals surface area contributed by atoms with Crippen molar-refractivity contribution < 1.29 is 49.4 Å². The van der Waals surface area contributed by atoms with Crippen LogP contribution in [0.5, 0.6) is 0 Å². The maximum atomic E-state index is 6.64. The summed E-state index contributed by atoms with van der Waals surface area (Å²) >= 11 is 0. The van der Waals surface area contributed by atoms with Crippen molar-refractivity contribution in [2.45, 2.75) is 58.3 Å². The number of hydrogen-bond acceptors (Lipinski definition) is 13. The molecule has 0 aromatic heterocycles. The molecule has 6 heterocycles. The lowest BCUT2D eigenvalue weighted by atomic mass is 10.5. The second kappa shape index (κ2) is 6.91. The van der Waals surface area contributed by atoms with Crippen LogP contribution >= 0.6 is 0 Å². The highest BCUT2D eigenvalue weighted by Gasteiger charge is 2.78. The summed E-state index contributed by atoms with van der Waals surface area (Å²) in [6, 6.07) is 0.410.